The largest absolute Gasteiger partial charge is 0.379 e. The molecule has 1 aromatic carbocycles. The molecule has 9 heteroatoms. The van der Waals surface area contributed by atoms with Crippen molar-refractivity contribution in [2.75, 3.05) is 18.4 Å². The fourth-order valence-electron chi connectivity index (χ4n) is 3.17. The highest BCUT2D eigenvalue weighted by molar-refractivity contribution is 7.16. The fraction of sp³-hybridized carbons (Fsp3) is 0.333. The second-order valence-electron chi connectivity index (χ2n) is 6.44. The average Bonchev–Trinajstić information content (AvgIpc) is 3.29. The van der Waals surface area contributed by atoms with E-state index in [0.717, 1.165) is 30.9 Å². The summed E-state index contributed by atoms with van der Waals surface area (Å²) in [4.78, 5) is 31.9. The Labute approximate surface area is 164 Å². The van der Waals surface area contributed by atoms with Crippen molar-refractivity contribution in [1.29, 1.82) is 0 Å². The smallest absolute Gasteiger partial charge is 0.275 e. The first-order chi connectivity index (χ1) is 13.0. The van der Waals surface area contributed by atoms with E-state index in [1.807, 2.05) is 11.8 Å². The number of aromatic nitrogens is 3. The summed E-state index contributed by atoms with van der Waals surface area (Å²) in [5.74, 6) is -0.0286. The third kappa shape index (κ3) is 3.68. The third-order valence-electron chi connectivity index (χ3n) is 4.46. The zero-order valence-electron chi connectivity index (χ0n) is 14.7. The van der Waals surface area contributed by atoms with Crippen LogP contribution < -0.4 is 10.9 Å². The van der Waals surface area contributed by atoms with Crippen molar-refractivity contribution in [3.63, 3.8) is 0 Å². The monoisotopic (exact) mass is 403 g/mol. The van der Waals surface area contributed by atoms with Gasteiger partial charge >= 0.3 is 0 Å². The number of carbonyl (C=O) groups is 1. The van der Waals surface area contributed by atoms with E-state index in [-0.39, 0.29) is 11.5 Å². The standard InChI is InChI=1S/C18H18ClN5O2S/c1-11-22-24-16(25)9-13(21-18(24)27-11)10-20-15-5-4-12(19)8-14(15)17(26)23-6-2-3-7-23/h4-5,8-9,20H,2-3,6-7,10H2,1H3. The van der Waals surface area contributed by atoms with Crippen LogP contribution in [0.3, 0.4) is 0 Å². The summed E-state index contributed by atoms with van der Waals surface area (Å²) in [5, 5.41) is 8.66. The molecule has 1 aliphatic rings. The van der Waals surface area contributed by atoms with Crippen LogP contribution >= 0.6 is 22.9 Å². The normalized spacial score (nSPS) is 14.1. The Morgan fingerprint density at radius 1 is 1.30 bits per heavy atom. The summed E-state index contributed by atoms with van der Waals surface area (Å²) in [6.45, 7) is 3.69. The number of anilines is 1. The van der Waals surface area contributed by atoms with Crippen molar-refractivity contribution in [2.45, 2.75) is 26.3 Å². The summed E-state index contributed by atoms with van der Waals surface area (Å²) in [6, 6.07) is 6.66. The van der Waals surface area contributed by atoms with Crippen molar-refractivity contribution >= 4 is 39.5 Å². The van der Waals surface area contributed by atoms with Gasteiger partial charge in [0.2, 0.25) is 4.96 Å². The molecule has 1 saturated heterocycles. The van der Waals surface area contributed by atoms with Crippen molar-refractivity contribution in [1.82, 2.24) is 19.5 Å². The SMILES string of the molecule is Cc1nn2c(=O)cc(CNc3ccc(Cl)cc3C(=O)N3CCCC3)nc2s1. The Kier molecular flexibility index (Phi) is 4.84. The lowest BCUT2D eigenvalue weighted by atomic mass is 10.1. The molecule has 1 amide bonds. The summed E-state index contributed by atoms with van der Waals surface area (Å²) >= 11 is 7.48. The van der Waals surface area contributed by atoms with Crippen LogP contribution in [0.2, 0.25) is 5.02 Å². The van der Waals surface area contributed by atoms with Gasteiger partial charge in [0.15, 0.2) is 0 Å². The van der Waals surface area contributed by atoms with E-state index in [4.69, 9.17) is 11.6 Å². The van der Waals surface area contributed by atoms with Gasteiger partial charge in [0.1, 0.15) is 5.01 Å². The Hall–Kier alpha value is -2.45. The zero-order chi connectivity index (χ0) is 19.0. The maximum Gasteiger partial charge on any atom is 0.275 e. The number of carbonyl (C=O) groups excluding carboxylic acids is 1. The number of nitrogens with one attached hydrogen (secondary N) is 1. The van der Waals surface area contributed by atoms with E-state index in [0.29, 0.717) is 33.5 Å². The molecule has 7 nitrogen and oxygen atoms in total. The number of nitrogens with zero attached hydrogens (tertiary/aromatic N) is 4. The van der Waals surface area contributed by atoms with Crippen molar-refractivity contribution in [3.8, 4) is 0 Å². The number of rotatable bonds is 4. The van der Waals surface area contributed by atoms with Gasteiger partial charge in [0, 0.05) is 29.9 Å². The second-order valence-corrected chi connectivity index (χ2v) is 8.04. The number of hydrogen-bond donors (Lipinski definition) is 1. The molecular weight excluding hydrogens is 386 g/mol. The number of hydrogen-bond acceptors (Lipinski definition) is 6. The Morgan fingerprint density at radius 2 is 2.07 bits per heavy atom. The molecule has 0 atom stereocenters. The number of aryl methyl sites for hydroxylation is 1. The van der Waals surface area contributed by atoms with Crippen LogP contribution in [-0.2, 0) is 6.54 Å². The molecule has 1 aliphatic heterocycles. The molecule has 1 N–H and O–H groups in total. The molecule has 3 aromatic rings. The van der Waals surface area contributed by atoms with Crippen LogP contribution in [0.5, 0.6) is 0 Å². The van der Waals surface area contributed by atoms with E-state index in [1.165, 1.54) is 21.9 Å². The Balaban J connectivity index is 1.59. The van der Waals surface area contributed by atoms with Gasteiger partial charge in [0.25, 0.3) is 11.5 Å². The highest BCUT2D eigenvalue weighted by atomic mass is 35.5. The van der Waals surface area contributed by atoms with Crippen LogP contribution in [0.15, 0.2) is 29.1 Å². The summed E-state index contributed by atoms with van der Waals surface area (Å²) in [5.41, 5.74) is 1.60. The van der Waals surface area contributed by atoms with Gasteiger partial charge in [0.05, 0.1) is 17.8 Å². The molecule has 3 heterocycles. The highest BCUT2D eigenvalue weighted by Gasteiger charge is 2.22. The minimum absolute atomic E-state index is 0.0286. The first kappa shape index (κ1) is 17.9. The van der Waals surface area contributed by atoms with E-state index in [2.05, 4.69) is 15.4 Å². The predicted molar refractivity (Wildman–Crippen MR) is 106 cm³/mol. The Morgan fingerprint density at radius 3 is 2.85 bits per heavy atom. The van der Waals surface area contributed by atoms with Crippen LogP contribution in [0, 0.1) is 6.92 Å². The molecule has 0 bridgehead atoms. The molecule has 140 valence electrons. The van der Waals surface area contributed by atoms with Gasteiger partial charge in [-0.25, -0.2) is 4.98 Å². The summed E-state index contributed by atoms with van der Waals surface area (Å²) < 4.78 is 1.30. The highest BCUT2D eigenvalue weighted by Crippen LogP contribution is 2.24. The molecule has 0 unspecified atom stereocenters. The summed E-state index contributed by atoms with van der Waals surface area (Å²) in [6.07, 6.45) is 2.05. The van der Waals surface area contributed by atoms with E-state index in [1.54, 1.807) is 18.2 Å². The quantitative estimate of drug-likeness (QED) is 0.724. The van der Waals surface area contributed by atoms with Gasteiger partial charge in [-0.1, -0.05) is 22.9 Å². The lowest BCUT2D eigenvalue weighted by Crippen LogP contribution is -2.28. The van der Waals surface area contributed by atoms with Gasteiger partial charge in [-0.05, 0) is 38.0 Å². The number of halogens is 1. The minimum Gasteiger partial charge on any atom is -0.379 e. The van der Waals surface area contributed by atoms with Crippen LogP contribution in [0.4, 0.5) is 5.69 Å². The van der Waals surface area contributed by atoms with Crippen molar-refractivity contribution in [3.05, 3.63) is 55.9 Å². The molecule has 4 rings (SSSR count). The van der Waals surface area contributed by atoms with Gasteiger partial charge in [-0.3, -0.25) is 9.59 Å². The molecule has 1 fully saturated rings. The number of benzene rings is 1. The van der Waals surface area contributed by atoms with E-state index < -0.39 is 0 Å². The van der Waals surface area contributed by atoms with Crippen LogP contribution in [0.1, 0.15) is 33.9 Å². The lowest BCUT2D eigenvalue weighted by molar-refractivity contribution is 0.0793. The molecule has 0 saturated carbocycles. The number of fused-ring (bicyclic) bond motifs is 1. The van der Waals surface area contributed by atoms with Gasteiger partial charge in [-0.2, -0.15) is 9.61 Å². The van der Waals surface area contributed by atoms with Crippen LogP contribution in [-0.4, -0.2) is 38.5 Å². The summed E-state index contributed by atoms with van der Waals surface area (Å²) in [7, 11) is 0. The molecule has 0 aliphatic carbocycles. The molecule has 0 radical (unpaired) electrons. The molecule has 27 heavy (non-hydrogen) atoms. The minimum atomic E-state index is -0.217. The van der Waals surface area contributed by atoms with E-state index >= 15 is 0 Å². The van der Waals surface area contributed by atoms with E-state index in [9.17, 15) is 9.59 Å². The maximum atomic E-state index is 12.8. The van der Waals surface area contributed by atoms with Crippen molar-refractivity contribution in [2.24, 2.45) is 0 Å². The van der Waals surface area contributed by atoms with Gasteiger partial charge < -0.3 is 10.2 Å². The zero-order valence-corrected chi connectivity index (χ0v) is 16.3. The topological polar surface area (TPSA) is 79.6 Å². The Bertz CT molecular complexity index is 1070. The number of likely N-dealkylation sites (tertiary alicyclic amines) is 1. The second kappa shape index (κ2) is 7.28. The first-order valence-electron chi connectivity index (χ1n) is 8.70. The lowest BCUT2D eigenvalue weighted by Gasteiger charge is -2.18. The van der Waals surface area contributed by atoms with Gasteiger partial charge in [-0.15, -0.1) is 0 Å². The molecular formula is C18H18ClN5O2S. The predicted octanol–water partition coefficient (Wildman–Crippen LogP) is 2.96. The molecule has 0 spiro atoms. The van der Waals surface area contributed by atoms with Crippen LogP contribution in [0.25, 0.3) is 4.96 Å². The average molecular weight is 404 g/mol. The maximum absolute atomic E-state index is 12.8. The fourth-order valence-corrected chi connectivity index (χ4v) is 4.11. The number of amides is 1. The molecule has 2 aromatic heterocycles. The van der Waals surface area contributed by atoms with Crippen molar-refractivity contribution < 1.29 is 4.79 Å². The first-order valence-corrected chi connectivity index (χ1v) is 9.90. The third-order valence-corrected chi connectivity index (χ3v) is 5.52.